The number of carbonyl (C=O) groups is 1. The Morgan fingerprint density at radius 1 is 0.957 bits per heavy atom. The number of carbonyl (C=O) groups excluding carboxylic acids is 1. The molecule has 0 aliphatic carbocycles. The van der Waals surface area contributed by atoms with Crippen LogP contribution in [0.5, 0.6) is 0 Å². The highest BCUT2D eigenvalue weighted by atomic mass is 16.6. The summed E-state index contributed by atoms with van der Waals surface area (Å²) in [6, 6.07) is 14.8. The number of benzene rings is 2. The van der Waals surface area contributed by atoms with Gasteiger partial charge in [-0.25, -0.2) is 0 Å². The van der Waals surface area contributed by atoms with Gasteiger partial charge in [-0.1, -0.05) is 18.2 Å². The molecule has 0 aromatic heterocycles. The summed E-state index contributed by atoms with van der Waals surface area (Å²) in [5.74, 6) is 0. The third kappa shape index (κ3) is 3.15. The number of anilines is 2. The average molecular weight is 311 g/mol. The Morgan fingerprint density at radius 2 is 1.61 bits per heavy atom. The Balaban J connectivity index is 1.77. The lowest BCUT2D eigenvalue weighted by Gasteiger charge is -2.37. The number of hydrogen-bond donors (Lipinski definition) is 0. The van der Waals surface area contributed by atoms with Gasteiger partial charge in [0.15, 0.2) is 0 Å². The summed E-state index contributed by atoms with van der Waals surface area (Å²) in [5, 5.41) is 11.3. The molecule has 0 atom stereocenters. The molecule has 0 bridgehead atoms. The summed E-state index contributed by atoms with van der Waals surface area (Å²) < 4.78 is 0. The fourth-order valence-corrected chi connectivity index (χ4v) is 2.87. The van der Waals surface area contributed by atoms with Crippen molar-refractivity contribution in [1.82, 2.24) is 0 Å². The molecule has 0 radical (unpaired) electrons. The summed E-state index contributed by atoms with van der Waals surface area (Å²) in [6.07, 6.45) is 0.629. The van der Waals surface area contributed by atoms with E-state index in [9.17, 15) is 14.9 Å². The van der Waals surface area contributed by atoms with E-state index >= 15 is 0 Å². The quantitative estimate of drug-likeness (QED) is 0.493. The van der Waals surface area contributed by atoms with Crippen LogP contribution in [0, 0.1) is 10.1 Å². The molecule has 1 fully saturated rings. The number of piperazine rings is 1. The van der Waals surface area contributed by atoms with Crippen molar-refractivity contribution >= 4 is 23.3 Å². The summed E-state index contributed by atoms with van der Waals surface area (Å²) in [7, 11) is 0. The lowest BCUT2D eigenvalue weighted by molar-refractivity contribution is -0.384. The fraction of sp³-hybridized carbons (Fsp3) is 0.235. The smallest absolute Gasteiger partial charge is 0.293 e. The van der Waals surface area contributed by atoms with Crippen LogP contribution < -0.4 is 9.80 Å². The van der Waals surface area contributed by atoms with Crippen LogP contribution in [0.4, 0.5) is 17.1 Å². The fourth-order valence-electron chi connectivity index (χ4n) is 2.87. The van der Waals surface area contributed by atoms with Gasteiger partial charge in [0.25, 0.3) is 5.69 Å². The van der Waals surface area contributed by atoms with Gasteiger partial charge in [-0.05, 0) is 24.3 Å². The molecule has 0 unspecified atom stereocenters. The zero-order valence-electron chi connectivity index (χ0n) is 12.6. The summed E-state index contributed by atoms with van der Waals surface area (Å²) in [5.41, 5.74) is 2.05. The SMILES string of the molecule is O=Cc1ccc(N2CCN(c3ccccc3)CC2)c([N+](=O)[O-])c1. The van der Waals surface area contributed by atoms with Crippen LogP contribution in [-0.2, 0) is 0 Å². The van der Waals surface area contributed by atoms with Gasteiger partial charge in [0.2, 0.25) is 0 Å². The van der Waals surface area contributed by atoms with Gasteiger partial charge in [0.05, 0.1) is 4.92 Å². The molecule has 6 heteroatoms. The topological polar surface area (TPSA) is 66.7 Å². The van der Waals surface area contributed by atoms with Gasteiger partial charge in [-0.15, -0.1) is 0 Å². The van der Waals surface area contributed by atoms with E-state index in [2.05, 4.69) is 17.0 Å². The summed E-state index contributed by atoms with van der Waals surface area (Å²) in [4.78, 5) is 25.9. The molecule has 0 amide bonds. The molecule has 3 rings (SSSR count). The van der Waals surface area contributed by atoms with Crippen molar-refractivity contribution in [3.8, 4) is 0 Å². The van der Waals surface area contributed by atoms with E-state index in [4.69, 9.17) is 0 Å². The second kappa shape index (κ2) is 6.48. The Morgan fingerprint density at radius 3 is 2.22 bits per heavy atom. The Bertz CT molecular complexity index is 710. The van der Waals surface area contributed by atoms with Gasteiger partial charge >= 0.3 is 0 Å². The van der Waals surface area contributed by atoms with Crippen molar-refractivity contribution < 1.29 is 9.72 Å². The molecule has 0 saturated carbocycles. The minimum Gasteiger partial charge on any atom is -0.368 e. The summed E-state index contributed by atoms with van der Waals surface area (Å²) in [6.45, 7) is 3.01. The lowest BCUT2D eigenvalue weighted by Crippen LogP contribution is -2.46. The standard InChI is InChI=1S/C17H17N3O3/c21-13-14-6-7-16(17(12-14)20(22)23)19-10-8-18(9-11-19)15-4-2-1-3-5-15/h1-7,12-13H,8-11H2. The number of nitro benzene ring substituents is 1. The van der Waals surface area contributed by atoms with Crippen molar-refractivity contribution in [2.45, 2.75) is 0 Å². The first-order valence-corrected chi connectivity index (χ1v) is 7.47. The van der Waals surface area contributed by atoms with Crippen molar-refractivity contribution in [2.24, 2.45) is 0 Å². The monoisotopic (exact) mass is 311 g/mol. The van der Waals surface area contributed by atoms with Crippen LogP contribution in [0.3, 0.4) is 0 Å². The van der Waals surface area contributed by atoms with Crippen molar-refractivity contribution in [3.63, 3.8) is 0 Å². The van der Waals surface area contributed by atoms with E-state index in [0.29, 0.717) is 30.6 Å². The molecule has 1 aliphatic heterocycles. The van der Waals surface area contributed by atoms with Gasteiger partial charge in [0.1, 0.15) is 12.0 Å². The molecule has 0 spiro atoms. The van der Waals surface area contributed by atoms with Crippen LogP contribution in [0.25, 0.3) is 0 Å². The first-order chi connectivity index (χ1) is 11.2. The van der Waals surface area contributed by atoms with Crippen molar-refractivity contribution in [3.05, 3.63) is 64.2 Å². The summed E-state index contributed by atoms with van der Waals surface area (Å²) >= 11 is 0. The van der Waals surface area contributed by atoms with Crippen molar-refractivity contribution in [2.75, 3.05) is 36.0 Å². The number of rotatable bonds is 4. The van der Waals surface area contributed by atoms with Crippen LogP contribution in [-0.4, -0.2) is 37.4 Å². The largest absolute Gasteiger partial charge is 0.368 e. The van der Waals surface area contributed by atoms with E-state index in [1.807, 2.05) is 23.1 Å². The zero-order chi connectivity index (χ0) is 16.2. The van der Waals surface area contributed by atoms with Crippen LogP contribution in [0.15, 0.2) is 48.5 Å². The number of nitro groups is 1. The molecular formula is C17H17N3O3. The number of nitrogens with zero attached hydrogens (tertiary/aromatic N) is 3. The molecule has 118 valence electrons. The maximum Gasteiger partial charge on any atom is 0.293 e. The normalized spacial score (nSPS) is 14.6. The highest BCUT2D eigenvalue weighted by molar-refractivity contribution is 5.79. The van der Waals surface area contributed by atoms with E-state index in [0.717, 1.165) is 18.8 Å². The van der Waals surface area contributed by atoms with Gasteiger partial charge in [0, 0.05) is 43.5 Å². The Hall–Kier alpha value is -2.89. The first kappa shape index (κ1) is 15.0. The van der Waals surface area contributed by atoms with Gasteiger partial charge in [-0.2, -0.15) is 0 Å². The van der Waals surface area contributed by atoms with Gasteiger partial charge < -0.3 is 9.80 Å². The molecular weight excluding hydrogens is 294 g/mol. The highest BCUT2D eigenvalue weighted by Gasteiger charge is 2.24. The predicted molar refractivity (Wildman–Crippen MR) is 89.4 cm³/mol. The van der Waals surface area contributed by atoms with E-state index in [1.165, 1.54) is 6.07 Å². The molecule has 1 saturated heterocycles. The minimum absolute atomic E-state index is 0.0113. The third-order valence-electron chi connectivity index (χ3n) is 4.07. The van der Waals surface area contributed by atoms with Crippen LogP contribution in [0.2, 0.25) is 0 Å². The van der Waals surface area contributed by atoms with Crippen molar-refractivity contribution in [1.29, 1.82) is 0 Å². The molecule has 0 N–H and O–H groups in total. The third-order valence-corrected chi connectivity index (χ3v) is 4.07. The van der Waals surface area contributed by atoms with E-state index in [-0.39, 0.29) is 5.69 Å². The number of hydrogen-bond acceptors (Lipinski definition) is 5. The minimum atomic E-state index is -0.425. The molecule has 2 aromatic rings. The molecule has 1 aliphatic rings. The van der Waals surface area contributed by atoms with Crippen LogP contribution in [0.1, 0.15) is 10.4 Å². The van der Waals surface area contributed by atoms with Gasteiger partial charge in [-0.3, -0.25) is 14.9 Å². The zero-order valence-corrected chi connectivity index (χ0v) is 12.6. The highest BCUT2D eigenvalue weighted by Crippen LogP contribution is 2.30. The molecule has 1 heterocycles. The molecule has 2 aromatic carbocycles. The average Bonchev–Trinajstić information content (AvgIpc) is 2.62. The molecule has 6 nitrogen and oxygen atoms in total. The number of para-hydroxylation sites is 1. The van der Waals surface area contributed by atoms with Crippen LogP contribution >= 0.6 is 0 Å². The maximum absolute atomic E-state index is 11.3. The lowest BCUT2D eigenvalue weighted by atomic mass is 10.1. The first-order valence-electron chi connectivity index (χ1n) is 7.47. The second-order valence-electron chi connectivity index (χ2n) is 5.43. The second-order valence-corrected chi connectivity index (χ2v) is 5.43. The Labute approximate surface area is 134 Å². The van der Waals surface area contributed by atoms with E-state index in [1.54, 1.807) is 12.1 Å². The number of aldehydes is 1. The molecule has 23 heavy (non-hydrogen) atoms. The predicted octanol–water partition coefficient (Wildman–Crippen LogP) is 2.73. The Kier molecular flexibility index (Phi) is 4.23. The maximum atomic E-state index is 11.3. The van der Waals surface area contributed by atoms with E-state index < -0.39 is 4.92 Å².